The minimum Gasteiger partial charge on any atom is -0.273 e. The Morgan fingerprint density at radius 1 is 1.47 bits per heavy atom. The molecule has 4 nitrogen and oxygen atoms in total. The summed E-state index contributed by atoms with van der Waals surface area (Å²) in [4.78, 5) is 21.6. The number of amides is 1. The summed E-state index contributed by atoms with van der Waals surface area (Å²) < 4.78 is 1.24. The number of carbonyl (C=O) groups is 1. The van der Waals surface area contributed by atoms with Gasteiger partial charge in [-0.1, -0.05) is 27.5 Å². The Labute approximate surface area is 108 Å². The molecule has 0 spiro atoms. The third kappa shape index (κ3) is 2.76. The number of hydrogen-bond acceptors (Lipinski definition) is 3. The molecular formula is C8H5Br2ClN2O2. The molecule has 0 saturated heterocycles. The highest BCUT2D eigenvalue weighted by Crippen LogP contribution is 2.37. The Hall–Kier alpha value is -0.460. The molecule has 0 unspecified atom stereocenters. The number of hydrogen-bond donors (Lipinski definition) is 0. The van der Waals surface area contributed by atoms with Gasteiger partial charge in [0.2, 0.25) is 5.91 Å². The third-order valence-electron chi connectivity index (χ3n) is 1.57. The van der Waals surface area contributed by atoms with Gasteiger partial charge in [-0.05, 0) is 28.1 Å². The number of nitrogens with zero attached hydrogens (tertiary/aromatic N) is 2. The van der Waals surface area contributed by atoms with Crippen LogP contribution >= 0.6 is 43.5 Å². The molecule has 1 rings (SSSR count). The van der Waals surface area contributed by atoms with E-state index in [9.17, 15) is 9.70 Å². The van der Waals surface area contributed by atoms with Crippen LogP contribution in [0, 0.1) is 4.91 Å². The predicted molar refractivity (Wildman–Crippen MR) is 65.8 cm³/mol. The molecule has 0 aliphatic carbocycles. The van der Waals surface area contributed by atoms with Gasteiger partial charge in [-0.2, -0.15) is 5.01 Å². The Morgan fingerprint density at radius 3 is 2.47 bits per heavy atom. The lowest BCUT2D eigenvalue weighted by molar-refractivity contribution is -0.116. The predicted octanol–water partition coefficient (Wildman–Crippen LogP) is 3.90. The van der Waals surface area contributed by atoms with Crippen molar-refractivity contribution in [2.24, 2.45) is 5.29 Å². The SMILES string of the molecule is CC(=O)N(N=O)c1c(Cl)cc(Br)cc1Br. The first-order chi connectivity index (χ1) is 6.97. The molecule has 0 bridgehead atoms. The molecule has 0 atom stereocenters. The van der Waals surface area contributed by atoms with E-state index in [1.807, 2.05) is 0 Å². The van der Waals surface area contributed by atoms with E-state index in [0.29, 0.717) is 9.48 Å². The molecule has 0 radical (unpaired) electrons. The lowest BCUT2D eigenvalue weighted by Gasteiger charge is -2.14. The fourth-order valence-electron chi connectivity index (χ4n) is 0.993. The molecule has 1 aromatic carbocycles. The summed E-state index contributed by atoms with van der Waals surface area (Å²) in [6.45, 7) is 1.23. The first-order valence-corrected chi connectivity index (χ1v) is 5.72. The molecule has 15 heavy (non-hydrogen) atoms. The van der Waals surface area contributed by atoms with Crippen LogP contribution in [0.2, 0.25) is 5.02 Å². The normalized spacial score (nSPS) is 9.87. The van der Waals surface area contributed by atoms with Crippen molar-refractivity contribution in [3.63, 3.8) is 0 Å². The Morgan fingerprint density at radius 2 is 2.07 bits per heavy atom. The van der Waals surface area contributed by atoms with Crippen LogP contribution in [0.15, 0.2) is 26.4 Å². The van der Waals surface area contributed by atoms with Crippen LogP contribution in [-0.2, 0) is 4.79 Å². The van der Waals surface area contributed by atoms with E-state index in [1.165, 1.54) is 6.92 Å². The van der Waals surface area contributed by atoms with Gasteiger partial charge in [-0.3, -0.25) is 4.79 Å². The number of anilines is 1. The zero-order valence-corrected chi connectivity index (χ0v) is 11.4. The number of halogens is 3. The molecule has 0 aliphatic heterocycles. The lowest BCUT2D eigenvalue weighted by Crippen LogP contribution is -2.22. The van der Waals surface area contributed by atoms with Crippen molar-refractivity contribution in [1.29, 1.82) is 0 Å². The summed E-state index contributed by atoms with van der Waals surface area (Å²) in [7, 11) is 0. The van der Waals surface area contributed by atoms with E-state index in [4.69, 9.17) is 11.6 Å². The molecule has 1 amide bonds. The Balaban J connectivity index is 3.35. The summed E-state index contributed by atoms with van der Waals surface area (Å²) in [6.07, 6.45) is 0. The smallest absolute Gasteiger partial charge is 0.246 e. The standard InChI is InChI=1S/C8H5Br2ClN2O2/c1-4(14)13(12-15)8-6(10)2-5(9)3-7(8)11/h2-3H,1H3. The topological polar surface area (TPSA) is 49.7 Å². The monoisotopic (exact) mass is 354 g/mol. The zero-order chi connectivity index (χ0) is 11.6. The maximum absolute atomic E-state index is 11.1. The van der Waals surface area contributed by atoms with Gasteiger partial charge >= 0.3 is 0 Å². The number of benzene rings is 1. The van der Waals surface area contributed by atoms with Crippen LogP contribution in [0.5, 0.6) is 0 Å². The van der Waals surface area contributed by atoms with Gasteiger partial charge in [0.1, 0.15) is 5.69 Å². The van der Waals surface area contributed by atoms with Crippen molar-refractivity contribution in [1.82, 2.24) is 0 Å². The van der Waals surface area contributed by atoms with E-state index < -0.39 is 5.91 Å². The fourth-order valence-corrected chi connectivity index (χ4v) is 2.93. The maximum Gasteiger partial charge on any atom is 0.246 e. The van der Waals surface area contributed by atoms with Crippen LogP contribution in [0.25, 0.3) is 0 Å². The summed E-state index contributed by atoms with van der Waals surface area (Å²) >= 11 is 12.3. The van der Waals surface area contributed by atoms with Crippen molar-refractivity contribution in [3.05, 3.63) is 31.0 Å². The third-order valence-corrected chi connectivity index (χ3v) is 2.92. The van der Waals surface area contributed by atoms with Gasteiger partial charge < -0.3 is 0 Å². The van der Waals surface area contributed by atoms with E-state index in [-0.39, 0.29) is 10.7 Å². The number of rotatable bonds is 2. The molecule has 1 aromatic rings. The largest absolute Gasteiger partial charge is 0.273 e. The van der Waals surface area contributed by atoms with E-state index >= 15 is 0 Å². The van der Waals surface area contributed by atoms with Gasteiger partial charge in [0.25, 0.3) is 0 Å². The van der Waals surface area contributed by atoms with Crippen LogP contribution in [-0.4, -0.2) is 5.91 Å². The highest BCUT2D eigenvalue weighted by molar-refractivity contribution is 9.11. The molecular weight excluding hydrogens is 351 g/mol. The first kappa shape index (κ1) is 12.6. The van der Waals surface area contributed by atoms with E-state index in [1.54, 1.807) is 12.1 Å². The summed E-state index contributed by atoms with van der Waals surface area (Å²) in [5, 5.41) is 3.56. The van der Waals surface area contributed by atoms with Crippen molar-refractivity contribution in [3.8, 4) is 0 Å². The minimum absolute atomic E-state index is 0.238. The average molecular weight is 356 g/mol. The molecule has 0 aliphatic rings. The van der Waals surface area contributed by atoms with Crippen LogP contribution in [0.4, 0.5) is 5.69 Å². The molecule has 0 fully saturated rings. The van der Waals surface area contributed by atoms with Crippen LogP contribution < -0.4 is 5.01 Å². The first-order valence-electron chi connectivity index (χ1n) is 3.76. The van der Waals surface area contributed by atoms with Crippen LogP contribution in [0.1, 0.15) is 6.92 Å². The quantitative estimate of drug-likeness (QED) is 0.596. The summed E-state index contributed by atoms with van der Waals surface area (Å²) in [5.41, 5.74) is 0.238. The van der Waals surface area contributed by atoms with Gasteiger partial charge in [-0.15, -0.1) is 4.91 Å². The second-order valence-electron chi connectivity index (χ2n) is 2.63. The minimum atomic E-state index is -0.505. The second kappa shape index (κ2) is 5.05. The number of carbonyl (C=O) groups excluding carboxylic acids is 1. The van der Waals surface area contributed by atoms with Gasteiger partial charge in [0.15, 0.2) is 0 Å². The van der Waals surface area contributed by atoms with Crippen molar-refractivity contribution in [2.45, 2.75) is 6.92 Å². The summed E-state index contributed by atoms with van der Waals surface area (Å²) in [6, 6.07) is 3.24. The summed E-state index contributed by atoms with van der Waals surface area (Å²) in [5.74, 6) is -0.505. The Bertz CT molecular complexity index is 402. The maximum atomic E-state index is 11.1. The van der Waals surface area contributed by atoms with Crippen LogP contribution in [0.3, 0.4) is 0 Å². The highest BCUT2D eigenvalue weighted by atomic mass is 79.9. The molecule has 0 N–H and O–H groups in total. The molecule has 0 saturated carbocycles. The van der Waals surface area contributed by atoms with E-state index in [2.05, 4.69) is 37.1 Å². The lowest BCUT2D eigenvalue weighted by atomic mass is 10.3. The molecule has 0 heterocycles. The molecule has 7 heteroatoms. The molecule has 80 valence electrons. The average Bonchev–Trinajstić information content (AvgIpc) is 2.09. The highest BCUT2D eigenvalue weighted by Gasteiger charge is 2.19. The zero-order valence-electron chi connectivity index (χ0n) is 7.50. The van der Waals surface area contributed by atoms with Crippen molar-refractivity contribution in [2.75, 3.05) is 5.01 Å². The molecule has 0 aromatic heterocycles. The van der Waals surface area contributed by atoms with Gasteiger partial charge in [-0.25, -0.2) is 0 Å². The number of nitroso groups, excluding NO2 is 1. The van der Waals surface area contributed by atoms with E-state index in [0.717, 1.165) is 4.47 Å². The second-order valence-corrected chi connectivity index (χ2v) is 4.81. The fraction of sp³-hybridized carbons (Fsp3) is 0.125. The van der Waals surface area contributed by atoms with Crippen molar-refractivity contribution < 1.29 is 4.79 Å². The Kier molecular flexibility index (Phi) is 4.24. The van der Waals surface area contributed by atoms with Gasteiger partial charge in [0, 0.05) is 15.9 Å². The van der Waals surface area contributed by atoms with Crippen molar-refractivity contribution >= 4 is 55.1 Å². The van der Waals surface area contributed by atoms with Gasteiger partial charge in [0.05, 0.1) is 10.3 Å².